The molecule has 0 radical (unpaired) electrons. The monoisotopic (exact) mass is 351 g/mol. The predicted molar refractivity (Wildman–Crippen MR) is 91.9 cm³/mol. The molecule has 0 aliphatic carbocycles. The zero-order valence-corrected chi connectivity index (χ0v) is 14.5. The SMILES string of the molecule is C=CCN(c1cc2c(cc1Br)C(NC)C(=O)N2)C(C)(C)C. The van der Waals surface area contributed by atoms with Crippen molar-refractivity contribution in [2.24, 2.45) is 0 Å². The summed E-state index contributed by atoms with van der Waals surface area (Å²) in [6.07, 6.45) is 1.89. The van der Waals surface area contributed by atoms with Crippen LogP contribution in [0.15, 0.2) is 29.3 Å². The molecule has 114 valence electrons. The van der Waals surface area contributed by atoms with Gasteiger partial charge in [-0.2, -0.15) is 0 Å². The van der Waals surface area contributed by atoms with E-state index in [0.29, 0.717) is 0 Å². The molecule has 0 fully saturated rings. The lowest BCUT2D eigenvalue weighted by atomic mass is 10.0. The number of nitrogens with zero attached hydrogens (tertiary/aromatic N) is 1. The first kappa shape index (κ1) is 16.0. The molecule has 1 aromatic carbocycles. The number of amides is 1. The average molecular weight is 352 g/mol. The molecular formula is C16H22BrN3O. The van der Waals surface area contributed by atoms with E-state index in [9.17, 15) is 4.79 Å². The Hall–Kier alpha value is -1.33. The molecule has 1 atom stereocenters. The van der Waals surface area contributed by atoms with Crippen molar-refractivity contribution < 1.29 is 4.79 Å². The normalized spacial score (nSPS) is 17.4. The molecule has 1 aliphatic heterocycles. The van der Waals surface area contributed by atoms with Crippen LogP contribution in [0.3, 0.4) is 0 Å². The van der Waals surface area contributed by atoms with Crippen LogP contribution in [0.5, 0.6) is 0 Å². The molecule has 0 bridgehead atoms. The Morgan fingerprint density at radius 3 is 2.67 bits per heavy atom. The summed E-state index contributed by atoms with van der Waals surface area (Å²) in [5.41, 5.74) is 2.86. The van der Waals surface area contributed by atoms with Gasteiger partial charge >= 0.3 is 0 Å². The second-order valence-electron chi connectivity index (χ2n) is 6.17. The molecule has 21 heavy (non-hydrogen) atoms. The third kappa shape index (κ3) is 2.99. The Kier molecular flexibility index (Phi) is 4.44. The molecule has 1 amide bonds. The van der Waals surface area contributed by atoms with Gasteiger partial charge in [0.1, 0.15) is 6.04 Å². The van der Waals surface area contributed by atoms with E-state index in [1.54, 1.807) is 7.05 Å². The van der Waals surface area contributed by atoms with Crippen LogP contribution in [0.1, 0.15) is 32.4 Å². The Morgan fingerprint density at radius 1 is 1.48 bits per heavy atom. The highest BCUT2D eigenvalue weighted by Crippen LogP contribution is 2.40. The van der Waals surface area contributed by atoms with Crippen LogP contribution in [0.25, 0.3) is 0 Å². The summed E-state index contributed by atoms with van der Waals surface area (Å²) in [6.45, 7) is 11.1. The number of hydrogen-bond donors (Lipinski definition) is 2. The highest BCUT2D eigenvalue weighted by Gasteiger charge is 2.32. The van der Waals surface area contributed by atoms with Gasteiger partial charge in [0.15, 0.2) is 0 Å². The molecule has 0 spiro atoms. The number of nitrogens with one attached hydrogen (secondary N) is 2. The molecule has 2 rings (SSSR count). The van der Waals surface area contributed by atoms with Gasteiger partial charge in [0, 0.05) is 27.8 Å². The van der Waals surface area contributed by atoms with Crippen molar-refractivity contribution in [3.63, 3.8) is 0 Å². The van der Waals surface area contributed by atoms with Crippen LogP contribution in [-0.4, -0.2) is 25.0 Å². The second-order valence-corrected chi connectivity index (χ2v) is 7.03. The van der Waals surface area contributed by atoms with E-state index in [1.807, 2.05) is 18.2 Å². The molecule has 1 aliphatic rings. The van der Waals surface area contributed by atoms with E-state index in [1.165, 1.54) is 0 Å². The quantitative estimate of drug-likeness (QED) is 0.816. The number of anilines is 2. The van der Waals surface area contributed by atoms with Crippen molar-refractivity contribution in [3.8, 4) is 0 Å². The third-order valence-electron chi connectivity index (χ3n) is 3.65. The third-order valence-corrected chi connectivity index (χ3v) is 4.29. The highest BCUT2D eigenvalue weighted by molar-refractivity contribution is 9.10. The fourth-order valence-corrected chi connectivity index (χ4v) is 3.20. The Balaban J connectivity index is 2.50. The number of hydrogen-bond acceptors (Lipinski definition) is 3. The molecule has 2 N–H and O–H groups in total. The van der Waals surface area contributed by atoms with Crippen LogP contribution < -0.4 is 15.5 Å². The zero-order chi connectivity index (χ0) is 15.8. The average Bonchev–Trinajstić information content (AvgIpc) is 2.68. The van der Waals surface area contributed by atoms with E-state index in [0.717, 1.165) is 28.0 Å². The number of carbonyl (C=O) groups is 1. The lowest BCUT2D eigenvalue weighted by molar-refractivity contribution is -0.117. The van der Waals surface area contributed by atoms with E-state index in [4.69, 9.17) is 0 Å². The number of carbonyl (C=O) groups excluding carboxylic acids is 1. The molecule has 0 saturated carbocycles. The predicted octanol–water partition coefficient (Wildman–Crippen LogP) is 3.45. The van der Waals surface area contributed by atoms with Gasteiger partial charge in [-0.1, -0.05) is 6.08 Å². The number of benzene rings is 1. The van der Waals surface area contributed by atoms with Gasteiger partial charge < -0.3 is 15.5 Å². The fourth-order valence-electron chi connectivity index (χ4n) is 2.63. The summed E-state index contributed by atoms with van der Waals surface area (Å²) in [6, 6.07) is 3.77. The Labute approximate surface area is 134 Å². The van der Waals surface area contributed by atoms with Crippen LogP contribution >= 0.6 is 15.9 Å². The molecule has 4 nitrogen and oxygen atoms in total. The van der Waals surface area contributed by atoms with Crippen molar-refractivity contribution in [1.82, 2.24) is 5.32 Å². The molecule has 1 aromatic rings. The van der Waals surface area contributed by atoms with Crippen LogP contribution in [-0.2, 0) is 4.79 Å². The van der Waals surface area contributed by atoms with Crippen LogP contribution in [0.2, 0.25) is 0 Å². The van der Waals surface area contributed by atoms with Crippen molar-refractivity contribution in [2.45, 2.75) is 32.4 Å². The molecule has 1 heterocycles. The minimum atomic E-state index is -0.284. The second kappa shape index (κ2) is 5.81. The van der Waals surface area contributed by atoms with E-state index < -0.39 is 0 Å². The van der Waals surface area contributed by atoms with Crippen molar-refractivity contribution in [2.75, 3.05) is 23.8 Å². The highest BCUT2D eigenvalue weighted by atomic mass is 79.9. The summed E-state index contributed by atoms with van der Waals surface area (Å²) in [7, 11) is 1.79. The summed E-state index contributed by atoms with van der Waals surface area (Å²) >= 11 is 3.65. The smallest absolute Gasteiger partial charge is 0.246 e. The maximum atomic E-state index is 12.0. The molecule has 0 aromatic heterocycles. The zero-order valence-electron chi connectivity index (χ0n) is 13.0. The van der Waals surface area contributed by atoms with Crippen molar-refractivity contribution in [1.29, 1.82) is 0 Å². The number of halogens is 1. The summed E-state index contributed by atoms with van der Waals surface area (Å²) < 4.78 is 0.981. The summed E-state index contributed by atoms with van der Waals surface area (Å²) in [4.78, 5) is 14.2. The standard InChI is InChI=1S/C16H22BrN3O/c1-6-7-20(16(2,3)4)13-9-12-10(8-11(13)17)14(18-5)15(21)19-12/h6,8-9,14,18H,1,7H2,2-5H3,(H,19,21). The first-order valence-corrected chi connectivity index (χ1v) is 7.79. The molecule has 0 saturated heterocycles. The topological polar surface area (TPSA) is 44.4 Å². The number of likely N-dealkylation sites (N-methyl/N-ethyl adjacent to an activating group) is 1. The van der Waals surface area contributed by atoms with E-state index in [2.05, 4.69) is 58.8 Å². The van der Waals surface area contributed by atoms with E-state index in [-0.39, 0.29) is 17.5 Å². The van der Waals surface area contributed by atoms with Gasteiger partial charge in [-0.05, 0) is 55.9 Å². The first-order valence-electron chi connectivity index (χ1n) is 6.99. The van der Waals surface area contributed by atoms with Gasteiger partial charge in [0.05, 0.1) is 5.69 Å². The molecular weight excluding hydrogens is 330 g/mol. The summed E-state index contributed by atoms with van der Waals surface area (Å²) in [5.74, 6) is -0.0115. The van der Waals surface area contributed by atoms with Gasteiger partial charge in [0.2, 0.25) is 5.91 Å². The first-order chi connectivity index (χ1) is 9.79. The summed E-state index contributed by atoms with van der Waals surface area (Å²) in [5, 5.41) is 5.98. The van der Waals surface area contributed by atoms with Gasteiger partial charge in [0.25, 0.3) is 0 Å². The van der Waals surface area contributed by atoms with Gasteiger partial charge in [-0.3, -0.25) is 4.79 Å². The lowest BCUT2D eigenvalue weighted by Crippen LogP contribution is -2.41. The fraction of sp³-hybridized carbons (Fsp3) is 0.438. The Morgan fingerprint density at radius 2 is 2.14 bits per heavy atom. The van der Waals surface area contributed by atoms with Crippen LogP contribution in [0, 0.1) is 0 Å². The minimum absolute atomic E-state index is 0.0115. The number of rotatable bonds is 4. The van der Waals surface area contributed by atoms with Crippen molar-refractivity contribution in [3.05, 3.63) is 34.8 Å². The molecule has 5 heteroatoms. The maximum Gasteiger partial charge on any atom is 0.246 e. The van der Waals surface area contributed by atoms with Gasteiger partial charge in [-0.15, -0.1) is 6.58 Å². The van der Waals surface area contributed by atoms with Crippen LogP contribution in [0.4, 0.5) is 11.4 Å². The van der Waals surface area contributed by atoms with E-state index >= 15 is 0 Å². The molecule has 1 unspecified atom stereocenters. The maximum absolute atomic E-state index is 12.0. The van der Waals surface area contributed by atoms with Crippen molar-refractivity contribution >= 4 is 33.2 Å². The number of fused-ring (bicyclic) bond motifs is 1. The van der Waals surface area contributed by atoms with Gasteiger partial charge in [-0.25, -0.2) is 0 Å². The largest absolute Gasteiger partial charge is 0.362 e. The minimum Gasteiger partial charge on any atom is -0.362 e. The Bertz CT molecular complexity index is 578. The lowest BCUT2D eigenvalue weighted by Gasteiger charge is -2.38.